The molecule has 0 heterocycles. The highest BCUT2D eigenvalue weighted by atomic mass is 127. The van der Waals surface area contributed by atoms with Crippen LogP contribution in [0.4, 0.5) is 5.69 Å². The Bertz CT molecular complexity index is 337. The lowest BCUT2D eigenvalue weighted by molar-refractivity contribution is -0.138. The van der Waals surface area contributed by atoms with E-state index in [1.54, 1.807) is 4.90 Å². The third-order valence-corrected chi connectivity index (χ3v) is 3.09. The second-order valence-electron chi connectivity index (χ2n) is 3.35. The molecule has 82 valence electrons. The van der Waals surface area contributed by atoms with Gasteiger partial charge in [0.25, 0.3) is 0 Å². The van der Waals surface area contributed by atoms with E-state index in [1.165, 1.54) is 0 Å². The third-order valence-electron chi connectivity index (χ3n) is 2.37. The molecule has 0 saturated heterocycles. The Hall–Kier alpha value is -0.780. The quantitative estimate of drug-likeness (QED) is 0.867. The Kier molecular flexibility index (Phi) is 4.38. The van der Waals surface area contributed by atoms with Crippen LogP contribution in [-0.2, 0) is 4.79 Å². The van der Waals surface area contributed by atoms with Gasteiger partial charge in [0.1, 0.15) is 6.04 Å². The van der Waals surface area contributed by atoms with Crippen LogP contribution in [0.15, 0.2) is 24.3 Å². The number of carboxylic acid groups (broad SMARTS) is 1. The van der Waals surface area contributed by atoms with Gasteiger partial charge in [-0.2, -0.15) is 0 Å². The fourth-order valence-electron chi connectivity index (χ4n) is 1.47. The SMILES string of the molecule is CC[C@@H](C(=O)O)N(C)c1ccc(I)cc1. The first-order chi connectivity index (χ1) is 7.06. The molecule has 0 aliphatic rings. The van der Waals surface area contributed by atoms with Crippen molar-refractivity contribution >= 4 is 34.2 Å². The molecule has 0 bridgehead atoms. The number of carboxylic acids is 1. The summed E-state index contributed by atoms with van der Waals surface area (Å²) in [6, 6.07) is 7.37. The number of aliphatic carboxylic acids is 1. The first-order valence-corrected chi connectivity index (χ1v) is 5.85. The number of likely N-dealkylation sites (N-methyl/N-ethyl adjacent to an activating group) is 1. The highest BCUT2D eigenvalue weighted by molar-refractivity contribution is 14.1. The molecule has 1 aromatic rings. The molecule has 0 aromatic heterocycles. The van der Waals surface area contributed by atoms with Gasteiger partial charge >= 0.3 is 5.97 Å². The van der Waals surface area contributed by atoms with Gasteiger partial charge in [-0.1, -0.05) is 6.92 Å². The minimum Gasteiger partial charge on any atom is -0.480 e. The van der Waals surface area contributed by atoms with Gasteiger partial charge in [0.15, 0.2) is 0 Å². The van der Waals surface area contributed by atoms with Crippen LogP contribution < -0.4 is 4.90 Å². The largest absolute Gasteiger partial charge is 0.480 e. The van der Waals surface area contributed by atoms with E-state index in [0.29, 0.717) is 6.42 Å². The minimum atomic E-state index is -0.779. The molecule has 4 heteroatoms. The van der Waals surface area contributed by atoms with Gasteiger partial charge in [0.2, 0.25) is 0 Å². The number of hydrogen-bond donors (Lipinski definition) is 1. The van der Waals surface area contributed by atoms with Crippen molar-refractivity contribution in [3.63, 3.8) is 0 Å². The zero-order chi connectivity index (χ0) is 11.4. The van der Waals surface area contributed by atoms with Crippen molar-refractivity contribution in [1.29, 1.82) is 0 Å². The predicted molar refractivity (Wildman–Crippen MR) is 69.3 cm³/mol. The maximum absolute atomic E-state index is 11.0. The zero-order valence-electron chi connectivity index (χ0n) is 8.77. The van der Waals surface area contributed by atoms with Crippen molar-refractivity contribution in [2.75, 3.05) is 11.9 Å². The molecule has 1 atom stereocenters. The number of rotatable bonds is 4. The Morgan fingerprint density at radius 1 is 1.47 bits per heavy atom. The number of anilines is 1. The Labute approximate surface area is 103 Å². The van der Waals surface area contributed by atoms with Gasteiger partial charge in [-0.3, -0.25) is 0 Å². The van der Waals surface area contributed by atoms with Crippen LogP contribution in [0.3, 0.4) is 0 Å². The van der Waals surface area contributed by atoms with Gasteiger partial charge in [0.05, 0.1) is 0 Å². The van der Waals surface area contributed by atoms with Gasteiger partial charge in [-0.05, 0) is 53.3 Å². The van der Waals surface area contributed by atoms with E-state index >= 15 is 0 Å². The molecule has 15 heavy (non-hydrogen) atoms. The molecule has 0 aliphatic carbocycles. The Balaban J connectivity index is 2.87. The van der Waals surface area contributed by atoms with Gasteiger partial charge in [-0.25, -0.2) is 4.79 Å². The van der Waals surface area contributed by atoms with E-state index in [-0.39, 0.29) is 0 Å². The topological polar surface area (TPSA) is 40.5 Å². The maximum Gasteiger partial charge on any atom is 0.326 e. The van der Waals surface area contributed by atoms with Crippen molar-refractivity contribution in [1.82, 2.24) is 0 Å². The van der Waals surface area contributed by atoms with Crippen LogP contribution in [-0.4, -0.2) is 24.2 Å². The van der Waals surface area contributed by atoms with Crippen molar-refractivity contribution in [3.8, 4) is 0 Å². The number of hydrogen-bond acceptors (Lipinski definition) is 2. The number of benzene rings is 1. The van der Waals surface area contributed by atoms with Crippen LogP contribution in [0.2, 0.25) is 0 Å². The van der Waals surface area contributed by atoms with E-state index in [2.05, 4.69) is 22.6 Å². The molecule has 0 amide bonds. The van der Waals surface area contributed by atoms with E-state index in [4.69, 9.17) is 5.11 Å². The molecule has 0 radical (unpaired) electrons. The molecule has 0 unspecified atom stereocenters. The first kappa shape index (κ1) is 12.3. The van der Waals surface area contributed by atoms with Crippen molar-refractivity contribution in [3.05, 3.63) is 27.8 Å². The Morgan fingerprint density at radius 3 is 2.40 bits per heavy atom. The fraction of sp³-hybridized carbons (Fsp3) is 0.364. The molecular weight excluding hydrogens is 305 g/mol. The number of halogens is 1. The molecule has 0 fully saturated rings. The summed E-state index contributed by atoms with van der Waals surface area (Å²) >= 11 is 2.23. The van der Waals surface area contributed by atoms with Crippen molar-refractivity contribution < 1.29 is 9.90 Å². The van der Waals surface area contributed by atoms with Crippen LogP contribution in [0.25, 0.3) is 0 Å². The van der Waals surface area contributed by atoms with Crippen LogP contribution >= 0.6 is 22.6 Å². The van der Waals surface area contributed by atoms with Gasteiger partial charge in [-0.15, -0.1) is 0 Å². The summed E-state index contributed by atoms with van der Waals surface area (Å²) in [6.07, 6.45) is 0.595. The van der Waals surface area contributed by atoms with E-state index in [0.717, 1.165) is 9.26 Å². The monoisotopic (exact) mass is 319 g/mol. The van der Waals surface area contributed by atoms with Crippen LogP contribution in [0.5, 0.6) is 0 Å². The summed E-state index contributed by atoms with van der Waals surface area (Å²) in [5, 5.41) is 9.02. The summed E-state index contributed by atoms with van der Waals surface area (Å²) in [7, 11) is 1.81. The second kappa shape index (κ2) is 5.34. The standard InChI is InChI=1S/C11H14INO2/c1-3-10(11(14)15)13(2)9-6-4-8(12)5-7-9/h4-7,10H,3H2,1-2H3,(H,14,15)/t10-/m0/s1. The summed E-state index contributed by atoms with van der Waals surface area (Å²) < 4.78 is 1.15. The molecule has 1 rings (SSSR count). The fourth-order valence-corrected chi connectivity index (χ4v) is 1.83. The third kappa shape index (κ3) is 3.09. The van der Waals surface area contributed by atoms with Gasteiger partial charge in [0, 0.05) is 16.3 Å². The van der Waals surface area contributed by atoms with Crippen molar-refractivity contribution in [2.45, 2.75) is 19.4 Å². The Morgan fingerprint density at radius 2 is 2.00 bits per heavy atom. The molecule has 0 aliphatic heterocycles. The first-order valence-electron chi connectivity index (χ1n) is 4.77. The molecule has 0 saturated carbocycles. The molecule has 3 nitrogen and oxygen atoms in total. The summed E-state index contributed by atoms with van der Waals surface area (Å²) in [5.41, 5.74) is 0.935. The highest BCUT2D eigenvalue weighted by Crippen LogP contribution is 2.18. The normalized spacial score (nSPS) is 12.2. The lowest BCUT2D eigenvalue weighted by Crippen LogP contribution is -2.37. The lowest BCUT2D eigenvalue weighted by atomic mass is 10.2. The van der Waals surface area contributed by atoms with Crippen LogP contribution in [0, 0.1) is 3.57 Å². The molecular formula is C11H14INO2. The zero-order valence-corrected chi connectivity index (χ0v) is 10.9. The highest BCUT2D eigenvalue weighted by Gasteiger charge is 2.20. The molecule has 0 spiro atoms. The minimum absolute atomic E-state index is 0.454. The van der Waals surface area contributed by atoms with E-state index in [1.807, 2.05) is 38.2 Å². The molecule has 1 N–H and O–H groups in total. The molecule has 1 aromatic carbocycles. The van der Waals surface area contributed by atoms with Crippen LogP contribution in [0.1, 0.15) is 13.3 Å². The van der Waals surface area contributed by atoms with Crippen molar-refractivity contribution in [2.24, 2.45) is 0 Å². The number of nitrogens with zero attached hydrogens (tertiary/aromatic N) is 1. The second-order valence-corrected chi connectivity index (χ2v) is 4.60. The maximum atomic E-state index is 11.0. The van der Waals surface area contributed by atoms with Gasteiger partial charge < -0.3 is 10.0 Å². The predicted octanol–water partition coefficient (Wildman–Crippen LogP) is 2.59. The summed E-state index contributed by atoms with van der Waals surface area (Å²) in [4.78, 5) is 12.8. The lowest BCUT2D eigenvalue weighted by Gasteiger charge is -2.25. The smallest absolute Gasteiger partial charge is 0.326 e. The number of carbonyl (C=O) groups is 1. The average molecular weight is 319 g/mol. The summed E-state index contributed by atoms with van der Waals surface area (Å²) in [5.74, 6) is -0.779. The van der Waals surface area contributed by atoms with E-state index in [9.17, 15) is 4.79 Å². The summed E-state index contributed by atoms with van der Waals surface area (Å²) in [6.45, 7) is 1.88. The van der Waals surface area contributed by atoms with E-state index < -0.39 is 12.0 Å². The average Bonchev–Trinajstić information content (AvgIpc) is 2.19.